The van der Waals surface area contributed by atoms with Gasteiger partial charge in [0.1, 0.15) is 5.75 Å². The third-order valence-corrected chi connectivity index (χ3v) is 3.38. The van der Waals surface area contributed by atoms with Crippen LogP contribution in [0.5, 0.6) is 5.75 Å². The third kappa shape index (κ3) is 5.49. The molecule has 0 amide bonds. The summed E-state index contributed by atoms with van der Waals surface area (Å²) in [6, 6.07) is 8.60. The van der Waals surface area contributed by atoms with Gasteiger partial charge in [-0.2, -0.15) is 0 Å². The first kappa shape index (κ1) is 17.0. The largest absolute Gasteiger partial charge is 0.497 e. The summed E-state index contributed by atoms with van der Waals surface area (Å²) in [5.41, 5.74) is 1.27. The van der Waals surface area contributed by atoms with E-state index in [9.17, 15) is 0 Å². The molecule has 0 bridgehead atoms. The van der Waals surface area contributed by atoms with Gasteiger partial charge in [0.15, 0.2) is 0 Å². The monoisotopic (exact) mass is 280 g/mol. The Morgan fingerprint density at radius 1 is 1.20 bits per heavy atom. The van der Waals surface area contributed by atoms with E-state index in [0.717, 1.165) is 25.4 Å². The summed E-state index contributed by atoms with van der Waals surface area (Å²) in [6.45, 7) is 4.85. The molecule has 1 aromatic carbocycles. The molecular formula is C16H28N2O2. The van der Waals surface area contributed by atoms with Crippen molar-refractivity contribution in [2.24, 2.45) is 5.92 Å². The van der Waals surface area contributed by atoms with E-state index in [2.05, 4.69) is 43.4 Å². The Kier molecular flexibility index (Phi) is 7.59. The first-order valence-electron chi connectivity index (χ1n) is 7.08. The summed E-state index contributed by atoms with van der Waals surface area (Å²) in [5, 5.41) is 3.52. The van der Waals surface area contributed by atoms with Crippen LogP contribution in [0.25, 0.3) is 0 Å². The van der Waals surface area contributed by atoms with Crippen LogP contribution in [0, 0.1) is 5.92 Å². The van der Waals surface area contributed by atoms with Gasteiger partial charge >= 0.3 is 0 Å². The molecule has 0 spiro atoms. The maximum Gasteiger partial charge on any atom is 0.119 e. The van der Waals surface area contributed by atoms with Gasteiger partial charge in [0.05, 0.1) is 7.11 Å². The molecule has 1 N–H and O–H groups in total. The molecule has 0 aliphatic carbocycles. The lowest BCUT2D eigenvalue weighted by Gasteiger charge is -2.26. The van der Waals surface area contributed by atoms with Crippen molar-refractivity contribution in [3.63, 3.8) is 0 Å². The molecule has 0 aliphatic rings. The third-order valence-electron chi connectivity index (χ3n) is 3.38. The van der Waals surface area contributed by atoms with E-state index in [-0.39, 0.29) is 0 Å². The van der Waals surface area contributed by atoms with E-state index in [4.69, 9.17) is 9.47 Å². The predicted molar refractivity (Wildman–Crippen MR) is 83.3 cm³/mol. The molecule has 0 saturated carbocycles. The Morgan fingerprint density at radius 2 is 1.95 bits per heavy atom. The number of rotatable bonds is 9. The fraction of sp³-hybridized carbons (Fsp3) is 0.625. The van der Waals surface area contributed by atoms with Crippen molar-refractivity contribution in [1.29, 1.82) is 0 Å². The predicted octanol–water partition coefficient (Wildman–Crippen LogP) is 2.17. The smallest absolute Gasteiger partial charge is 0.119 e. The van der Waals surface area contributed by atoms with Gasteiger partial charge in [-0.1, -0.05) is 19.1 Å². The molecule has 0 aromatic heterocycles. The second-order valence-corrected chi connectivity index (χ2v) is 5.47. The molecule has 20 heavy (non-hydrogen) atoms. The fourth-order valence-corrected chi connectivity index (χ4v) is 2.26. The number of methoxy groups -OCH3 is 2. The van der Waals surface area contributed by atoms with E-state index in [1.165, 1.54) is 5.56 Å². The van der Waals surface area contributed by atoms with Crippen molar-refractivity contribution in [1.82, 2.24) is 10.2 Å². The van der Waals surface area contributed by atoms with Crippen LogP contribution in [0.4, 0.5) is 0 Å². The van der Waals surface area contributed by atoms with Crippen molar-refractivity contribution in [2.45, 2.75) is 13.0 Å². The highest BCUT2D eigenvalue weighted by molar-refractivity contribution is 5.30. The lowest BCUT2D eigenvalue weighted by atomic mass is 10.1. The minimum Gasteiger partial charge on any atom is -0.497 e. The van der Waals surface area contributed by atoms with Crippen LogP contribution in [0.1, 0.15) is 18.5 Å². The summed E-state index contributed by atoms with van der Waals surface area (Å²) in [7, 11) is 7.65. The highest BCUT2D eigenvalue weighted by Crippen LogP contribution is 2.22. The van der Waals surface area contributed by atoms with Gasteiger partial charge in [-0.05, 0) is 44.3 Å². The molecule has 2 unspecified atom stereocenters. The minimum absolute atomic E-state index is 0.333. The van der Waals surface area contributed by atoms with E-state index < -0.39 is 0 Å². The summed E-state index contributed by atoms with van der Waals surface area (Å²) in [6.07, 6.45) is 0. The van der Waals surface area contributed by atoms with Crippen molar-refractivity contribution in [3.05, 3.63) is 29.8 Å². The summed E-state index contributed by atoms with van der Waals surface area (Å²) in [4.78, 5) is 2.22. The van der Waals surface area contributed by atoms with Crippen LogP contribution < -0.4 is 10.1 Å². The zero-order valence-electron chi connectivity index (χ0n) is 13.3. The highest BCUT2D eigenvalue weighted by atomic mass is 16.5. The summed E-state index contributed by atoms with van der Waals surface area (Å²) >= 11 is 0. The van der Waals surface area contributed by atoms with Gasteiger partial charge in [0.2, 0.25) is 0 Å². The topological polar surface area (TPSA) is 33.7 Å². The quantitative estimate of drug-likeness (QED) is 0.751. The second kappa shape index (κ2) is 8.95. The molecule has 0 heterocycles. The van der Waals surface area contributed by atoms with Crippen LogP contribution in [-0.2, 0) is 4.74 Å². The van der Waals surface area contributed by atoms with Crippen molar-refractivity contribution in [2.75, 3.05) is 48.0 Å². The van der Waals surface area contributed by atoms with Gasteiger partial charge in [-0.15, -0.1) is 0 Å². The number of benzene rings is 1. The van der Waals surface area contributed by atoms with E-state index in [1.807, 2.05) is 12.1 Å². The lowest BCUT2D eigenvalue weighted by molar-refractivity contribution is 0.157. The number of ether oxygens (including phenoxy) is 2. The van der Waals surface area contributed by atoms with E-state index >= 15 is 0 Å². The molecular weight excluding hydrogens is 252 g/mol. The van der Waals surface area contributed by atoms with Crippen LogP contribution in [-0.4, -0.2) is 52.9 Å². The highest BCUT2D eigenvalue weighted by Gasteiger charge is 2.14. The number of nitrogens with zero attached hydrogens (tertiary/aromatic N) is 1. The molecule has 0 aliphatic heterocycles. The van der Waals surface area contributed by atoms with Crippen molar-refractivity contribution < 1.29 is 9.47 Å². The SMILES string of the molecule is COCC(C)CNCC(c1cccc(OC)c1)N(C)C. The summed E-state index contributed by atoms with van der Waals surface area (Å²) in [5.74, 6) is 1.43. The molecule has 0 fully saturated rings. The van der Waals surface area contributed by atoms with Gasteiger partial charge in [0.25, 0.3) is 0 Å². The Labute approximate surface area is 123 Å². The number of likely N-dealkylation sites (N-methyl/N-ethyl adjacent to an activating group) is 1. The normalized spacial score (nSPS) is 14.3. The standard InChI is InChI=1S/C16H28N2O2/c1-13(12-19-4)10-17-11-16(18(2)3)14-7-6-8-15(9-14)20-5/h6-9,13,16-17H,10-12H2,1-5H3. The van der Waals surface area contributed by atoms with Gasteiger partial charge in [0, 0.05) is 26.3 Å². The average Bonchev–Trinajstić information content (AvgIpc) is 2.43. The first-order chi connectivity index (χ1) is 9.58. The molecule has 2 atom stereocenters. The zero-order valence-corrected chi connectivity index (χ0v) is 13.3. The number of nitrogens with one attached hydrogen (secondary N) is 1. The van der Waals surface area contributed by atoms with E-state index in [1.54, 1.807) is 14.2 Å². The zero-order chi connectivity index (χ0) is 15.0. The van der Waals surface area contributed by atoms with Crippen molar-refractivity contribution in [3.8, 4) is 5.75 Å². The van der Waals surface area contributed by atoms with Crippen LogP contribution in [0.3, 0.4) is 0 Å². The average molecular weight is 280 g/mol. The maximum atomic E-state index is 5.30. The van der Waals surface area contributed by atoms with Crippen molar-refractivity contribution >= 4 is 0 Å². The Hall–Kier alpha value is -1.10. The Balaban J connectivity index is 2.60. The Bertz CT molecular complexity index is 382. The molecule has 4 heteroatoms. The Morgan fingerprint density at radius 3 is 2.55 bits per heavy atom. The number of hydrogen-bond acceptors (Lipinski definition) is 4. The van der Waals surface area contributed by atoms with Crippen LogP contribution in [0.2, 0.25) is 0 Å². The van der Waals surface area contributed by atoms with Gasteiger partial charge < -0.3 is 19.7 Å². The van der Waals surface area contributed by atoms with Crippen LogP contribution in [0.15, 0.2) is 24.3 Å². The van der Waals surface area contributed by atoms with Gasteiger partial charge in [-0.3, -0.25) is 0 Å². The molecule has 0 radical (unpaired) electrons. The van der Waals surface area contributed by atoms with Gasteiger partial charge in [-0.25, -0.2) is 0 Å². The minimum atomic E-state index is 0.333. The molecule has 114 valence electrons. The van der Waals surface area contributed by atoms with E-state index in [0.29, 0.717) is 12.0 Å². The number of hydrogen-bond donors (Lipinski definition) is 1. The molecule has 1 rings (SSSR count). The summed E-state index contributed by atoms with van der Waals surface area (Å²) < 4.78 is 10.5. The maximum absolute atomic E-state index is 5.30. The molecule has 0 saturated heterocycles. The van der Waals surface area contributed by atoms with Crippen LogP contribution >= 0.6 is 0 Å². The molecule has 1 aromatic rings. The molecule has 4 nitrogen and oxygen atoms in total. The fourth-order valence-electron chi connectivity index (χ4n) is 2.26. The first-order valence-corrected chi connectivity index (χ1v) is 7.08. The lowest BCUT2D eigenvalue weighted by Crippen LogP contribution is -2.34. The second-order valence-electron chi connectivity index (χ2n) is 5.47.